The molecule has 0 spiro atoms. The Balaban J connectivity index is 1.23. The Kier molecular flexibility index (Phi) is 7.75. The Morgan fingerprint density at radius 1 is 1.00 bits per heavy atom. The number of sulfonamides is 1. The van der Waals surface area contributed by atoms with Gasteiger partial charge in [0.25, 0.3) is 0 Å². The lowest BCUT2D eigenvalue weighted by molar-refractivity contribution is 0.304. The number of benzene rings is 2. The van der Waals surface area contributed by atoms with Gasteiger partial charge in [0.05, 0.1) is 15.9 Å². The second kappa shape index (κ2) is 11.1. The standard InChI is InChI=1S/C28H37N7O3S/c1-28(2,3)27-34-33-26(38-27)19-7-11-21(12-8-19)35-39(36,37)22-13-14-23-24(17-22)32-25(31-23)18-5-9-20(10-6-18)30-16-15-29-4/h5-6,9-10,13-14,17,19,21,29-30,35H,7-8,11-12,15-16H2,1-4H3,(H,31,32)/t19-,21-. The quantitative estimate of drug-likeness (QED) is 0.222. The summed E-state index contributed by atoms with van der Waals surface area (Å²) in [7, 11) is -1.77. The predicted molar refractivity (Wildman–Crippen MR) is 152 cm³/mol. The summed E-state index contributed by atoms with van der Waals surface area (Å²) in [5.74, 6) is 2.14. The highest BCUT2D eigenvalue weighted by Gasteiger charge is 2.31. The van der Waals surface area contributed by atoms with Crippen molar-refractivity contribution in [2.24, 2.45) is 0 Å². The zero-order valence-corrected chi connectivity index (χ0v) is 23.7. The minimum atomic E-state index is -3.69. The van der Waals surface area contributed by atoms with E-state index in [0.29, 0.717) is 36.0 Å². The molecular formula is C28H37N7O3S. The molecule has 1 saturated carbocycles. The molecule has 2 aromatic heterocycles. The highest BCUT2D eigenvalue weighted by molar-refractivity contribution is 7.89. The van der Waals surface area contributed by atoms with Crippen LogP contribution in [0.2, 0.25) is 0 Å². The topological polar surface area (TPSA) is 138 Å². The fourth-order valence-electron chi connectivity index (χ4n) is 4.82. The van der Waals surface area contributed by atoms with E-state index in [1.54, 1.807) is 18.2 Å². The van der Waals surface area contributed by atoms with Gasteiger partial charge in [0, 0.05) is 41.7 Å². The first-order chi connectivity index (χ1) is 18.6. The molecule has 0 saturated heterocycles. The maximum atomic E-state index is 13.2. The molecule has 5 rings (SSSR count). The number of hydrogen-bond acceptors (Lipinski definition) is 8. The van der Waals surface area contributed by atoms with Crippen LogP contribution in [0.25, 0.3) is 22.4 Å². The van der Waals surface area contributed by atoms with Crippen LogP contribution in [0.4, 0.5) is 5.69 Å². The van der Waals surface area contributed by atoms with E-state index in [2.05, 4.69) is 35.5 Å². The van der Waals surface area contributed by atoms with Crippen LogP contribution >= 0.6 is 0 Å². The van der Waals surface area contributed by atoms with Crippen molar-refractivity contribution in [2.75, 3.05) is 25.5 Å². The van der Waals surface area contributed by atoms with E-state index in [4.69, 9.17) is 4.42 Å². The van der Waals surface area contributed by atoms with Gasteiger partial charge in [-0.05, 0) is 75.2 Å². The highest BCUT2D eigenvalue weighted by atomic mass is 32.2. The van der Waals surface area contributed by atoms with Crippen molar-refractivity contribution in [1.82, 2.24) is 30.2 Å². The van der Waals surface area contributed by atoms with Crippen molar-refractivity contribution >= 4 is 26.7 Å². The fraction of sp³-hybridized carbons (Fsp3) is 0.464. The number of imidazole rings is 1. The molecule has 0 unspecified atom stereocenters. The Morgan fingerprint density at radius 2 is 1.74 bits per heavy atom. The molecule has 1 fully saturated rings. The molecule has 0 aliphatic heterocycles. The van der Waals surface area contributed by atoms with Gasteiger partial charge < -0.3 is 20.0 Å². The zero-order chi connectivity index (χ0) is 27.6. The summed E-state index contributed by atoms with van der Waals surface area (Å²) in [5.41, 5.74) is 3.17. The summed E-state index contributed by atoms with van der Waals surface area (Å²) in [5, 5.41) is 14.9. The van der Waals surface area contributed by atoms with E-state index in [1.165, 1.54) is 0 Å². The molecule has 0 amide bonds. The van der Waals surface area contributed by atoms with Crippen LogP contribution in [-0.4, -0.2) is 54.8 Å². The molecular weight excluding hydrogens is 514 g/mol. The fourth-order valence-corrected chi connectivity index (χ4v) is 6.14. The number of anilines is 1. The molecule has 1 aliphatic rings. The third-order valence-corrected chi connectivity index (χ3v) is 8.63. The lowest BCUT2D eigenvalue weighted by Crippen LogP contribution is -2.37. The summed E-state index contributed by atoms with van der Waals surface area (Å²) >= 11 is 0. The van der Waals surface area contributed by atoms with E-state index in [0.717, 1.165) is 42.7 Å². The molecule has 2 aromatic carbocycles. The number of rotatable bonds is 9. The summed E-state index contributed by atoms with van der Waals surface area (Å²) < 4.78 is 35.3. The smallest absolute Gasteiger partial charge is 0.240 e. The van der Waals surface area contributed by atoms with Gasteiger partial charge in [0.2, 0.25) is 21.8 Å². The molecule has 2 heterocycles. The minimum Gasteiger partial charge on any atom is -0.424 e. The number of nitrogens with zero attached hydrogens (tertiary/aromatic N) is 3. The van der Waals surface area contributed by atoms with Crippen molar-refractivity contribution in [1.29, 1.82) is 0 Å². The van der Waals surface area contributed by atoms with Gasteiger partial charge in [-0.15, -0.1) is 10.2 Å². The summed E-state index contributed by atoms with van der Waals surface area (Å²) in [6.07, 6.45) is 3.02. The first-order valence-corrected chi connectivity index (χ1v) is 15.0. The largest absolute Gasteiger partial charge is 0.424 e. The van der Waals surface area contributed by atoms with E-state index < -0.39 is 10.0 Å². The average Bonchev–Trinajstić information content (AvgIpc) is 3.57. The van der Waals surface area contributed by atoms with Crippen molar-refractivity contribution in [3.8, 4) is 11.4 Å². The second-order valence-corrected chi connectivity index (χ2v) is 13.0. The second-order valence-electron chi connectivity index (χ2n) is 11.2. The molecule has 11 heteroatoms. The third-order valence-electron chi connectivity index (χ3n) is 7.11. The van der Waals surface area contributed by atoms with Crippen molar-refractivity contribution in [3.63, 3.8) is 0 Å². The molecule has 0 radical (unpaired) electrons. The molecule has 208 valence electrons. The summed E-state index contributed by atoms with van der Waals surface area (Å²) in [6.45, 7) is 7.84. The molecule has 10 nitrogen and oxygen atoms in total. The van der Waals surface area contributed by atoms with Gasteiger partial charge in [-0.2, -0.15) is 0 Å². The molecule has 4 N–H and O–H groups in total. The normalized spacial score (nSPS) is 18.5. The monoisotopic (exact) mass is 551 g/mol. The maximum Gasteiger partial charge on any atom is 0.240 e. The Bertz CT molecular complexity index is 1510. The van der Waals surface area contributed by atoms with Crippen molar-refractivity contribution in [2.45, 2.75) is 68.7 Å². The number of aromatic amines is 1. The van der Waals surface area contributed by atoms with Crippen LogP contribution in [0.15, 0.2) is 51.8 Å². The van der Waals surface area contributed by atoms with Crippen molar-refractivity contribution < 1.29 is 12.8 Å². The molecule has 1 aliphatic carbocycles. The Labute approximate surface area is 229 Å². The number of aromatic nitrogens is 4. The van der Waals surface area contributed by atoms with Crippen LogP contribution in [0, 0.1) is 0 Å². The maximum absolute atomic E-state index is 13.2. The first kappa shape index (κ1) is 27.3. The van der Waals surface area contributed by atoms with Gasteiger partial charge in [-0.3, -0.25) is 0 Å². The molecule has 0 atom stereocenters. The lowest BCUT2D eigenvalue weighted by Gasteiger charge is -2.27. The van der Waals surface area contributed by atoms with E-state index >= 15 is 0 Å². The minimum absolute atomic E-state index is 0.137. The summed E-state index contributed by atoms with van der Waals surface area (Å²) in [4.78, 5) is 8.18. The summed E-state index contributed by atoms with van der Waals surface area (Å²) in [6, 6.07) is 12.9. The number of hydrogen-bond donors (Lipinski definition) is 4. The molecule has 4 aromatic rings. The SMILES string of the molecule is CNCCNc1ccc(-c2nc3cc(S(=O)(=O)N[C@H]4CC[C@H](c5nnc(C(C)(C)C)o5)CC4)ccc3[nH]2)cc1. The average molecular weight is 552 g/mol. The van der Waals surface area contributed by atoms with Crippen molar-refractivity contribution in [3.05, 3.63) is 54.2 Å². The van der Waals surface area contributed by atoms with Gasteiger partial charge in [0.15, 0.2) is 0 Å². The van der Waals surface area contributed by atoms with Crippen LogP contribution in [0.5, 0.6) is 0 Å². The van der Waals surface area contributed by atoms with Gasteiger partial charge in [0.1, 0.15) is 5.82 Å². The van der Waals surface area contributed by atoms with Crippen LogP contribution in [0.3, 0.4) is 0 Å². The number of fused-ring (bicyclic) bond motifs is 1. The predicted octanol–water partition coefficient (Wildman–Crippen LogP) is 4.55. The number of nitrogens with one attached hydrogen (secondary N) is 4. The van der Waals surface area contributed by atoms with E-state index in [9.17, 15) is 8.42 Å². The first-order valence-electron chi connectivity index (χ1n) is 13.5. The van der Waals surface area contributed by atoms with Gasteiger partial charge in [-0.25, -0.2) is 18.1 Å². The van der Waals surface area contributed by atoms with Gasteiger partial charge in [-0.1, -0.05) is 20.8 Å². The van der Waals surface area contributed by atoms with Crippen LogP contribution < -0.4 is 15.4 Å². The van der Waals surface area contributed by atoms with E-state index in [-0.39, 0.29) is 22.3 Å². The van der Waals surface area contributed by atoms with E-state index in [1.807, 2.05) is 52.1 Å². The lowest BCUT2D eigenvalue weighted by atomic mass is 9.86. The zero-order valence-electron chi connectivity index (χ0n) is 22.9. The Hall–Kier alpha value is -3.28. The number of likely N-dealkylation sites (N-methyl/N-ethyl adjacent to an activating group) is 1. The molecule has 0 bridgehead atoms. The number of H-pyrrole nitrogens is 1. The highest BCUT2D eigenvalue weighted by Crippen LogP contribution is 2.34. The van der Waals surface area contributed by atoms with Crippen LogP contribution in [0.1, 0.15) is 64.2 Å². The third kappa shape index (κ3) is 6.32. The van der Waals surface area contributed by atoms with Crippen LogP contribution in [-0.2, 0) is 15.4 Å². The van der Waals surface area contributed by atoms with Gasteiger partial charge >= 0.3 is 0 Å². The Morgan fingerprint density at radius 3 is 2.41 bits per heavy atom. The molecule has 39 heavy (non-hydrogen) atoms.